The Morgan fingerprint density at radius 3 is 2.85 bits per heavy atom. The summed E-state index contributed by atoms with van der Waals surface area (Å²) in [6.07, 6.45) is 7.21. The molecule has 1 aromatic heterocycles. The van der Waals surface area contributed by atoms with Crippen LogP contribution < -0.4 is 10.4 Å². The van der Waals surface area contributed by atoms with Crippen molar-refractivity contribution < 1.29 is 9.15 Å². The molecule has 3 heteroatoms. The van der Waals surface area contributed by atoms with Gasteiger partial charge in [-0.1, -0.05) is 12.2 Å². The second kappa shape index (κ2) is 4.51. The highest BCUT2D eigenvalue weighted by Crippen LogP contribution is 2.43. The van der Waals surface area contributed by atoms with Crippen LogP contribution in [0, 0.1) is 17.8 Å². The molecule has 1 saturated carbocycles. The number of hydrogen-bond acceptors (Lipinski definition) is 3. The van der Waals surface area contributed by atoms with E-state index in [-0.39, 0.29) is 5.63 Å². The predicted molar refractivity (Wildman–Crippen MR) is 76.8 cm³/mol. The first kappa shape index (κ1) is 11.8. The van der Waals surface area contributed by atoms with E-state index in [1.54, 1.807) is 12.1 Å². The molecule has 3 unspecified atom stereocenters. The van der Waals surface area contributed by atoms with E-state index in [9.17, 15) is 4.79 Å². The number of fused-ring (bicyclic) bond motifs is 3. The van der Waals surface area contributed by atoms with Gasteiger partial charge < -0.3 is 9.15 Å². The van der Waals surface area contributed by atoms with E-state index >= 15 is 0 Å². The lowest BCUT2D eigenvalue weighted by Crippen LogP contribution is -2.16. The Morgan fingerprint density at radius 1 is 1.15 bits per heavy atom. The van der Waals surface area contributed by atoms with Gasteiger partial charge in [0.25, 0.3) is 0 Å². The van der Waals surface area contributed by atoms with Crippen molar-refractivity contribution in [3.8, 4) is 5.75 Å². The fourth-order valence-corrected chi connectivity index (χ4v) is 3.42. The number of hydrogen-bond donors (Lipinski definition) is 0. The Kier molecular flexibility index (Phi) is 2.66. The normalized spacial score (nSPS) is 27.3. The van der Waals surface area contributed by atoms with Crippen LogP contribution in [0.1, 0.15) is 12.8 Å². The maximum atomic E-state index is 11.2. The van der Waals surface area contributed by atoms with Crippen LogP contribution in [0.5, 0.6) is 5.75 Å². The van der Waals surface area contributed by atoms with E-state index in [0.717, 1.165) is 23.7 Å². The molecule has 2 bridgehead atoms. The Balaban J connectivity index is 1.51. The largest absolute Gasteiger partial charge is 0.493 e. The van der Waals surface area contributed by atoms with Crippen LogP contribution in [0.15, 0.2) is 51.7 Å². The molecular formula is C17H16O3. The average Bonchev–Trinajstić information content (AvgIpc) is 3.07. The first-order valence-electron chi connectivity index (χ1n) is 7.13. The summed E-state index contributed by atoms with van der Waals surface area (Å²) in [7, 11) is 0. The summed E-state index contributed by atoms with van der Waals surface area (Å²) in [4.78, 5) is 11.2. The minimum Gasteiger partial charge on any atom is -0.493 e. The van der Waals surface area contributed by atoms with Crippen LogP contribution in [-0.4, -0.2) is 6.61 Å². The molecule has 20 heavy (non-hydrogen) atoms. The molecule has 102 valence electrons. The van der Waals surface area contributed by atoms with Crippen molar-refractivity contribution in [3.63, 3.8) is 0 Å². The van der Waals surface area contributed by atoms with Crippen molar-refractivity contribution in [1.29, 1.82) is 0 Å². The Hall–Kier alpha value is -2.03. The molecular weight excluding hydrogens is 252 g/mol. The van der Waals surface area contributed by atoms with Gasteiger partial charge in [0.15, 0.2) is 0 Å². The van der Waals surface area contributed by atoms with Gasteiger partial charge in [0.1, 0.15) is 11.3 Å². The molecule has 2 aliphatic rings. The first-order chi connectivity index (χ1) is 9.78. The van der Waals surface area contributed by atoms with E-state index in [0.29, 0.717) is 17.4 Å². The highest BCUT2D eigenvalue weighted by Gasteiger charge is 2.35. The van der Waals surface area contributed by atoms with Crippen molar-refractivity contribution in [2.45, 2.75) is 12.8 Å². The molecule has 1 heterocycles. The van der Waals surface area contributed by atoms with Crippen molar-refractivity contribution in [2.75, 3.05) is 6.61 Å². The van der Waals surface area contributed by atoms with Crippen LogP contribution in [0.2, 0.25) is 0 Å². The van der Waals surface area contributed by atoms with Gasteiger partial charge in [0.05, 0.1) is 6.61 Å². The Labute approximate surface area is 116 Å². The van der Waals surface area contributed by atoms with E-state index < -0.39 is 0 Å². The molecule has 3 nitrogen and oxygen atoms in total. The lowest BCUT2D eigenvalue weighted by Gasteiger charge is -2.18. The van der Waals surface area contributed by atoms with E-state index in [1.807, 2.05) is 12.1 Å². The Bertz CT molecular complexity index is 728. The lowest BCUT2D eigenvalue weighted by atomic mass is 9.95. The predicted octanol–water partition coefficient (Wildman–Crippen LogP) is 3.38. The van der Waals surface area contributed by atoms with E-state index in [1.165, 1.54) is 18.9 Å². The van der Waals surface area contributed by atoms with Crippen molar-refractivity contribution in [1.82, 2.24) is 0 Å². The van der Waals surface area contributed by atoms with Crippen LogP contribution in [0.4, 0.5) is 0 Å². The van der Waals surface area contributed by atoms with Gasteiger partial charge in [0, 0.05) is 17.5 Å². The third-order valence-corrected chi connectivity index (χ3v) is 4.48. The maximum absolute atomic E-state index is 11.2. The number of ether oxygens (including phenoxy) is 1. The highest BCUT2D eigenvalue weighted by molar-refractivity contribution is 5.77. The van der Waals surface area contributed by atoms with Gasteiger partial charge in [-0.25, -0.2) is 4.79 Å². The standard InChI is InChI=1S/C17H16O3/c18-17-6-4-12-3-5-15(9-16(12)20-17)19-10-14-8-11-1-2-13(14)7-11/h1-6,9,11,13-14H,7-8,10H2. The molecule has 0 amide bonds. The molecule has 0 N–H and O–H groups in total. The maximum Gasteiger partial charge on any atom is 0.336 e. The SMILES string of the molecule is O=c1ccc2ccc(OCC3CC4C=CC3C4)cc2o1. The highest BCUT2D eigenvalue weighted by atomic mass is 16.5. The summed E-state index contributed by atoms with van der Waals surface area (Å²) >= 11 is 0. The van der Waals surface area contributed by atoms with Gasteiger partial charge in [-0.3, -0.25) is 0 Å². The number of allylic oxidation sites excluding steroid dienone is 2. The fraction of sp³-hybridized carbons (Fsp3) is 0.353. The quantitative estimate of drug-likeness (QED) is 0.632. The monoisotopic (exact) mass is 268 g/mol. The van der Waals surface area contributed by atoms with Crippen molar-refractivity contribution in [2.24, 2.45) is 17.8 Å². The minimum absolute atomic E-state index is 0.326. The first-order valence-corrected chi connectivity index (χ1v) is 7.13. The summed E-state index contributed by atoms with van der Waals surface area (Å²) in [6.45, 7) is 0.744. The second-order valence-corrected chi connectivity index (χ2v) is 5.81. The molecule has 4 rings (SSSR count). The van der Waals surface area contributed by atoms with Gasteiger partial charge in [-0.05, 0) is 48.8 Å². The zero-order valence-electron chi connectivity index (χ0n) is 11.1. The third-order valence-electron chi connectivity index (χ3n) is 4.48. The van der Waals surface area contributed by atoms with Crippen LogP contribution in [0.3, 0.4) is 0 Å². The summed E-state index contributed by atoms with van der Waals surface area (Å²) < 4.78 is 11.1. The molecule has 0 saturated heterocycles. The topological polar surface area (TPSA) is 39.4 Å². The van der Waals surface area contributed by atoms with E-state index in [4.69, 9.17) is 9.15 Å². The molecule has 0 aliphatic heterocycles. The molecule has 3 atom stereocenters. The third kappa shape index (κ3) is 2.03. The molecule has 1 aromatic carbocycles. The molecule has 2 aromatic rings. The van der Waals surface area contributed by atoms with Crippen LogP contribution >= 0.6 is 0 Å². The summed E-state index contributed by atoms with van der Waals surface area (Å²) in [6, 6.07) is 8.87. The van der Waals surface area contributed by atoms with Crippen molar-refractivity contribution >= 4 is 11.0 Å². The second-order valence-electron chi connectivity index (χ2n) is 5.81. The zero-order valence-corrected chi connectivity index (χ0v) is 11.1. The van der Waals surface area contributed by atoms with Gasteiger partial charge in [-0.15, -0.1) is 0 Å². The average molecular weight is 268 g/mol. The minimum atomic E-state index is -0.326. The molecule has 0 spiro atoms. The fourth-order valence-electron chi connectivity index (χ4n) is 3.42. The van der Waals surface area contributed by atoms with Crippen LogP contribution in [0.25, 0.3) is 11.0 Å². The lowest BCUT2D eigenvalue weighted by molar-refractivity contribution is 0.228. The zero-order chi connectivity index (χ0) is 13.5. The summed E-state index contributed by atoms with van der Waals surface area (Å²) in [5.41, 5.74) is 0.260. The Morgan fingerprint density at radius 2 is 2.05 bits per heavy atom. The van der Waals surface area contributed by atoms with Crippen LogP contribution in [-0.2, 0) is 0 Å². The smallest absolute Gasteiger partial charge is 0.336 e. The summed E-state index contributed by atoms with van der Waals surface area (Å²) in [5.74, 6) is 2.86. The number of rotatable bonds is 3. The van der Waals surface area contributed by atoms with E-state index in [2.05, 4.69) is 12.2 Å². The summed E-state index contributed by atoms with van der Waals surface area (Å²) in [5, 5.41) is 0.916. The molecule has 2 aliphatic carbocycles. The number of benzene rings is 1. The van der Waals surface area contributed by atoms with Gasteiger partial charge in [-0.2, -0.15) is 0 Å². The van der Waals surface area contributed by atoms with Crippen molar-refractivity contribution in [3.05, 3.63) is 52.9 Å². The molecule has 0 radical (unpaired) electrons. The molecule has 1 fully saturated rings. The van der Waals surface area contributed by atoms with Gasteiger partial charge in [0.2, 0.25) is 0 Å². The van der Waals surface area contributed by atoms with Gasteiger partial charge >= 0.3 is 5.63 Å².